The zero-order valence-corrected chi connectivity index (χ0v) is 21.5. The van der Waals surface area contributed by atoms with Gasteiger partial charge in [-0.15, -0.1) is 0 Å². The first-order valence-electron chi connectivity index (χ1n) is 13.4. The van der Waals surface area contributed by atoms with Crippen LogP contribution in [0.5, 0.6) is 5.75 Å². The highest BCUT2D eigenvalue weighted by atomic mass is 16.5. The van der Waals surface area contributed by atoms with Crippen molar-refractivity contribution in [2.45, 2.75) is 90.9 Å². The van der Waals surface area contributed by atoms with Crippen LogP contribution in [0.15, 0.2) is 60.9 Å². The van der Waals surface area contributed by atoms with E-state index in [0.29, 0.717) is 11.3 Å². The van der Waals surface area contributed by atoms with Crippen LogP contribution >= 0.6 is 0 Å². The second-order valence-electron chi connectivity index (χ2n) is 9.33. The summed E-state index contributed by atoms with van der Waals surface area (Å²) in [6.45, 7) is 4.46. The quantitative estimate of drug-likeness (QED) is 0.127. The minimum Gasteiger partial charge on any atom is -0.423 e. The normalized spacial score (nSPS) is 10.9. The molecule has 35 heavy (non-hydrogen) atoms. The highest BCUT2D eigenvalue weighted by Crippen LogP contribution is 2.21. The van der Waals surface area contributed by atoms with Crippen LogP contribution in [0.2, 0.25) is 0 Å². The first-order chi connectivity index (χ1) is 17.2. The molecule has 0 N–H and O–H groups in total. The Balaban J connectivity index is 1.46. The number of aromatic nitrogens is 2. The van der Waals surface area contributed by atoms with Crippen molar-refractivity contribution in [1.82, 2.24) is 9.97 Å². The topological polar surface area (TPSA) is 52.1 Å². The van der Waals surface area contributed by atoms with Crippen molar-refractivity contribution >= 4 is 5.97 Å². The Morgan fingerprint density at radius 1 is 0.686 bits per heavy atom. The van der Waals surface area contributed by atoms with Crippen molar-refractivity contribution in [3.8, 4) is 17.0 Å². The Labute approximate surface area is 211 Å². The maximum absolute atomic E-state index is 12.5. The summed E-state index contributed by atoms with van der Waals surface area (Å²) in [5.74, 6) is 0.184. The molecule has 0 saturated carbocycles. The minimum absolute atomic E-state index is 0.339. The summed E-state index contributed by atoms with van der Waals surface area (Å²) in [7, 11) is 0. The summed E-state index contributed by atoms with van der Waals surface area (Å²) in [6.07, 6.45) is 18.4. The van der Waals surface area contributed by atoms with E-state index in [9.17, 15) is 4.79 Å². The minimum atomic E-state index is -0.339. The van der Waals surface area contributed by atoms with Crippen molar-refractivity contribution < 1.29 is 9.53 Å². The third-order valence-electron chi connectivity index (χ3n) is 6.36. The van der Waals surface area contributed by atoms with E-state index >= 15 is 0 Å². The average molecular weight is 473 g/mol. The number of carbonyl (C=O) groups is 1. The SMILES string of the molecule is CCCCCCCCc1cnc(-c2ccc(OC(=O)c3ccc(CCCCCC)cc3)cc2)cn1. The number of carbonyl (C=O) groups excluding carboxylic acids is 1. The van der Waals surface area contributed by atoms with Crippen LogP contribution in [0.4, 0.5) is 0 Å². The Kier molecular flexibility index (Phi) is 11.5. The molecule has 3 aromatic rings. The monoisotopic (exact) mass is 472 g/mol. The maximum Gasteiger partial charge on any atom is 0.343 e. The summed E-state index contributed by atoms with van der Waals surface area (Å²) < 4.78 is 5.57. The van der Waals surface area contributed by atoms with Gasteiger partial charge in [-0.25, -0.2) is 4.79 Å². The Morgan fingerprint density at radius 2 is 1.31 bits per heavy atom. The van der Waals surface area contributed by atoms with E-state index in [2.05, 4.69) is 23.8 Å². The summed E-state index contributed by atoms with van der Waals surface area (Å²) in [4.78, 5) is 21.7. The Morgan fingerprint density at radius 3 is 1.97 bits per heavy atom. The highest BCUT2D eigenvalue weighted by Gasteiger charge is 2.09. The van der Waals surface area contributed by atoms with Crippen LogP contribution in [0.1, 0.15) is 99.7 Å². The van der Waals surface area contributed by atoms with E-state index in [4.69, 9.17) is 4.74 Å². The van der Waals surface area contributed by atoms with Gasteiger partial charge in [-0.3, -0.25) is 9.97 Å². The summed E-state index contributed by atoms with van der Waals surface area (Å²) in [5, 5.41) is 0. The molecule has 4 heteroatoms. The van der Waals surface area contributed by atoms with Gasteiger partial charge < -0.3 is 4.74 Å². The number of esters is 1. The third kappa shape index (κ3) is 9.28. The Bertz CT molecular complexity index is 996. The second kappa shape index (κ2) is 15.1. The smallest absolute Gasteiger partial charge is 0.343 e. The van der Waals surface area contributed by atoms with Crippen LogP contribution < -0.4 is 4.74 Å². The third-order valence-corrected chi connectivity index (χ3v) is 6.36. The van der Waals surface area contributed by atoms with Crippen LogP contribution in [-0.2, 0) is 12.8 Å². The van der Waals surface area contributed by atoms with E-state index in [1.165, 1.54) is 69.8 Å². The predicted molar refractivity (Wildman–Crippen MR) is 144 cm³/mol. The fraction of sp³-hybridized carbons (Fsp3) is 0.452. The fourth-order valence-electron chi connectivity index (χ4n) is 4.14. The zero-order chi connectivity index (χ0) is 24.7. The van der Waals surface area contributed by atoms with Gasteiger partial charge >= 0.3 is 5.97 Å². The van der Waals surface area contributed by atoms with Gasteiger partial charge in [0.15, 0.2) is 0 Å². The van der Waals surface area contributed by atoms with E-state index in [-0.39, 0.29) is 5.97 Å². The van der Waals surface area contributed by atoms with Gasteiger partial charge in [0.1, 0.15) is 5.75 Å². The number of aryl methyl sites for hydroxylation is 2. The standard InChI is InChI=1S/C31H40N2O2/c1-3-5-7-9-10-12-14-28-23-33-30(24-32-28)26-19-21-29(22-20-26)35-31(34)27-17-15-25(16-18-27)13-11-8-6-4-2/h15-24H,3-14H2,1-2H3. The largest absolute Gasteiger partial charge is 0.423 e. The van der Waals surface area contributed by atoms with E-state index < -0.39 is 0 Å². The van der Waals surface area contributed by atoms with Gasteiger partial charge in [0, 0.05) is 11.8 Å². The van der Waals surface area contributed by atoms with Gasteiger partial charge in [-0.1, -0.05) is 77.3 Å². The molecule has 0 radical (unpaired) electrons. The molecule has 1 heterocycles. The molecule has 4 nitrogen and oxygen atoms in total. The van der Waals surface area contributed by atoms with Crippen molar-refractivity contribution in [3.63, 3.8) is 0 Å². The molecule has 2 aromatic carbocycles. The lowest BCUT2D eigenvalue weighted by Gasteiger charge is -2.07. The maximum atomic E-state index is 12.5. The van der Waals surface area contributed by atoms with Crippen molar-refractivity contribution in [1.29, 1.82) is 0 Å². The predicted octanol–water partition coefficient (Wildman–Crippen LogP) is 8.39. The fourth-order valence-corrected chi connectivity index (χ4v) is 4.14. The molecule has 0 amide bonds. The number of rotatable bonds is 15. The lowest BCUT2D eigenvalue weighted by atomic mass is 10.0. The molecule has 0 aliphatic rings. The lowest BCUT2D eigenvalue weighted by Crippen LogP contribution is -2.08. The number of hydrogen-bond donors (Lipinski definition) is 0. The number of unbranched alkanes of at least 4 members (excludes halogenated alkanes) is 8. The van der Waals surface area contributed by atoms with E-state index in [1.807, 2.05) is 48.8 Å². The van der Waals surface area contributed by atoms with Gasteiger partial charge in [-0.2, -0.15) is 0 Å². The van der Waals surface area contributed by atoms with Crippen molar-refractivity contribution in [3.05, 3.63) is 77.7 Å². The average Bonchev–Trinajstić information content (AvgIpc) is 2.90. The molecular weight excluding hydrogens is 432 g/mol. The van der Waals surface area contributed by atoms with Crippen LogP contribution in [0.3, 0.4) is 0 Å². The molecule has 1 aromatic heterocycles. The van der Waals surface area contributed by atoms with Crippen molar-refractivity contribution in [2.75, 3.05) is 0 Å². The lowest BCUT2D eigenvalue weighted by molar-refractivity contribution is 0.0735. The van der Waals surface area contributed by atoms with Crippen LogP contribution in [-0.4, -0.2) is 15.9 Å². The van der Waals surface area contributed by atoms with E-state index in [1.54, 1.807) is 12.1 Å². The molecule has 186 valence electrons. The molecule has 0 bridgehead atoms. The molecule has 0 saturated heterocycles. The molecule has 0 aliphatic heterocycles. The molecule has 0 atom stereocenters. The number of benzene rings is 2. The summed E-state index contributed by atoms with van der Waals surface area (Å²) in [5.41, 5.74) is 4.65. The zero-order valence-electron chi connectivity index (χ0n) is 21.5. The first-order valence-corrected chi connectivity index (χ1v) is 13.4. The van der Waals surface area contributed by atoms with Gasteiger partial charge in [0.05, 0.1) is 23.1 Å². The molecule has 3 rings (SSSR count). The number of ether oxygens (including phenoxy) is 1. The Hall–Kier alpha value is -3.01. The molecule has 0 fully saturated rings. The highest BCUT2D eigenvalue weighted by molar-refractivity contribution is 5.91. The van der Waals surface area contributed by atoms with Gasteiger partial charge in [0.2, 0.25) is 0 Å². The molecule has 0 aliphatic carbocycles. The number of nitrogens with zero attached hydrogens (tertiary/aromatic N) is 2. The summed E-state index contributed by atoms with van der Waals surface area (Å²) >= 11 is 0. The second-order valence-corrected chi connectivity index (χ2v) is 9.33. The van der Waals surface area contributed by atoms with Crippen molar-refractivity contribution in [2.24, 2.45) is 0 Å². The first kappa shape index (κ1) is 26.6. The summed E-state index contributed by atoms with van der Waals surface area (Å²) in [6, 6.07) is 15.2. The van der Waals surface area contributed by atoms with E-state index in [0.717, 1.165) is 29.8 Å². The van der Waals surface area contributed by atoms with Gasteiger partial charge in [-0.05, 0) is 67.6 Å². The molecule has 0 spiro atoms. The molecule has 0 unspecified atom stereocenters. The van der Waals surface area contributed by atoms with Crippen LogP contribution in [0, 0.1) is 0 Å². The van der Waals surface area contributed by atoms with Crippen LogP contribution in [0.25, 0.3) is 11.3 Å². The number of hydrogen-bond acceptors (Lipinski definition) is 4. The molecular formula is C31H40N2O2. The van der Waals surface area contributed by atoms with Gasteiger partial charge in [0.25, 0.3) is 0 Å².